The molecule has 0 amide bonds. The second kappa shape index (κ2) is 7.10. The van der Waals surface area contributed by atoms with Crippen LogP contribution in [0.15, 0.2) is 21.2 Å². The van der Waals surface area contributed by atoms with Crippen molar-refractivity contribution in [2.24, 2.45) is 11.8 Å². The molecule has 5 rings (SSSR count). The lowest BCUT2D eigenvalue weighted by Gasteiger charge is -2.35. The van der Waals surface area contributed by atoms with E-state index in [1.54, 1.807) is 12.3 Å². The number of aromatic nitrogens is 1. The monoisotopic (exact) mass is 428 g/mol. The first kappa shape index (κ1) is 17.5. The minimum absolute atomic E-state index is 0.320. The maximum Gasteiger partial charge on any atom is 0.204 e. The zero-order valence-electron chi connectivity index (χ0n) is 15.5. The number of nitriles is 1. The molecule has 3 heterocycles. The number of halogens is 1. The van der Waals surface area contributed by atoms with Gasteiger partial charge in [-0.15, -0.1) is 0 Å². The maximum atomic E-state index is 9.03. The molecule has 0 radical (unpaired) electrons. The van der Waals surface area contributed by atoms with Crippen LogP contribution in [-0.2, 0) is 0 Å². The Labute approximate surface area is 168 Å². The quantitative estimate of drug-likeness (QED) is 0.751. The maximum absolute atomic E-state index is 9.03. The fourth-order valence-corrected chi connectivity index (χ4v) is 6.01. The van der Waals surface area contributed by atoms with Crippen LogP contribution in [0.2, 0.25) is 0 Å². The highest BCUT2D eigenvalue weighted by atomic mass is 79.9. The molecule has 2 aliphatic carbocycles. The van der Waals surface area contributed by atoms with Crippen molar-refractivity contribution in [2.45, 2.75) is 57.0 Å². The van der Waals surface area contributed by atoms with Gasteiger partial charge in [-0.3, -0.25) is 4.90 Å². The van der Waals surface area contributed by atoms with E-state index in [1.165, 1.54) is 58.0 Å². The molecule has 3 aliphatic rings. The number of nitrogens with one attached hydrogen (secondary N) is 1. The van der Waals surface area contributed by atoms with Crippen molar-refractivity contribution in [3.05, 3.63) is 22.5 Å². The first-order chi connectivity index (χ1) is 13.2. The van der Waals surface area contributed by atoms with Gasteiger partial charge in [0.2, 0.25) is 5.76 Å². The van der Waals surface area contributed by atoms with E-state index >= 15 is 0 Å². The SMILES string of the molecule is N#Cc1cc2c(Br)c(NC3CCC(N4CC5CCCC5C4)CC3)ncc2o1. The van der Waals surface area contributed by atoms with Gasteiger partial charge in [0, 0.05) is 36.6 Å². The minimum Gasteiger partial charge on any atom is -0.444 e. The lowest BCUT2D eigenvalue weighted by molar-refractivity contribution is 0.173. The molecular formula is C21H25BrN4O. The predicted molar refractivity (Wildman–Crippen MR) is 108 cm³/mol. The Hall–Kier alpha value is -1.58. The number of nitrogens with zero attached hydrogens (tertiary/aromatic N) is 3. The van der Waals surface area contributed by atoms with Crippen LogP contribution < -0.4 is 5.32 Å². The highest BCUT2D eigenvalue weighted by Crippen LogP contribution is 2.40. The highest BCUT2D eigenvalue weighted by molar-refractivity contribution is 9.10. The Morgan fingerprint density at radius 3 is 2.59 bits per heavy atom. The van der Waals surface area contributed by atoms with Gasteiger partial charge in [0.25, 0.3) is 0 Å². The summed E-state index contributed by atoms with van der Waals surface area (Å²) in [5.74, 6) is 3.15. The molecule has 27 heavy (non-hydrogen) atoms. The molecular weight excluding hydrogens is 404 g/mol. The molecule has 3 fully saturated rings. The summed E-state index contributed by atoms with van der Waals surface area (Å²) in [7, 11) is 0. The van der Waals surface area contributed by atoms with Gasteiger partial charge in [-0.1, -0.05) is 6.42 Å². The van der Waals surface area contributed by atoms with E-state index in [-0.39, 0.29) is 0 Å². The van der Waals surface area contributed by atoms with E-state index in [1.807, 2.05) is 0 Å². The number of pyridine rings is 1. The number of rotatable bonds is 3. The lowest BCUT2D eigenvalue weighted by atomic mass is 9.90. The second-order valence-corrected chi connectivity index (χ2v) is 9.27. The van der Waals surface area contributed by atoms with Crippen molar-refractivity contribution in [2.75, 3.05) is 18.4 Å². The summed E-state index contributed by atoms with van der Waals surface area (Å²) in [4.78, 5) is 7.30. The molecule has 142 valence electrons. The summed E-state index contributed by atoms with van der Waals surface area (Å²) in [5, 5.41) is 13.6. The predicted octanol–water partition coefficient (Wildman–Crippen LogP) is 4.92. The van der Waals surface area contributed by atoms with Crippen LogP contribution >= 0.6 is 15.9 Å². The molecule has 0 aromatic carbocycles. The minimum atomic E-state index is 0.320. The molecule has 0 bridgehead atoms. The van der Waals surface area contributed by atoms with Crippen molar-refractivity contribution in [1.29, 1.82) is 5.26 Å². The van der Waals surface area contributed by atoms with E-state index in [2.05, 4.69) is 37.2 Å². The molecule has 2 aromatic rings. The van der Waals surface area contributed by atoms with Crippen molar-refractivity contribution in [1.82, 2.24) is 9.88 Å². The third-order valence-corrected chi connectivity index (χ3v) is 7.74. The van der Waals surface area contributed by atoms with Gasteiger partial charge >= 0.3 is 0 Å². The number of hydrogen-bond donors (Lipinski definition) is 1. The molecule has 1 aliphatic heterocycles. The average Bonchev–Trinajstić information content (AvgIpc) is 3.38. The normalized spacial score (nSPS) is 31.1. The zero-order chi connectivity index (χ0) is 18.4. The van der Waals surface area contributed by atoms with Gasteiger partial charge in [-0.25, -0.2) is 4.98 Å². The van der Waals surface area contributed by atoms with Crippen LogP contribution in [0.3, 0.4) is 0 Å². The van der Waals surface area contributed by atoms with Crippen LogP contribution in [-0.4, -0.2) is 35.1 Å². The van der Waals surface area contributed by atoms with E-state index in [9.17, 15) is 0 Å². The van der Waals surface area contributed by atoms with Crippen molar-refractivity contribution in [3.8, 4) is 6.07 Å². The smallest absolute Gasteiger partial charge is 0.204 e. The zero-order valence-corrected chi connectivity index (χ0v) is 17.0. The largest absolute Gasteiger partial charge is 0.444 e. The average molecular weight is 429 g/mol. The summed E-state index contributed by atoms with van der Waals surface area (Å²) in [6, 6.07) is 5.06. The molecule has 2 saturated carbocycles. The molecule has 6 heteroatoms. The fraction of sp³-hybridized carbons (Fsp3) is 0.619. The van der Waals surface area contributed by atoms with Crippen molar-refractivity contribution < 1.29 is 4.42 Å². The molecule has 5 nitrogen and oxygen atoms in total. The Balaban J connectivity index is 1.21. The van der Waals surface area contributed by atoms with E-state index < -0.39 is 0 Å². The van der Waals surface area contributed by atoms with Crippen molar-refractivity contribution >= 4 is 32.7 Å². The lowest BCUT2D eigenvalue weighted by Crippen LogP contribution is -2.39. The standard InChI is InChI=1S/C21H25BrN4O/c22-20-18-8-17(9-23)27-19(18)10-24-21(20)25-15-4-6-16(7-5-15)26-11-13-2-1-3-14(13)12-26/h8,10,13-16H,1-7,11-12H2,(H,24,25). The van der Waals surface area contributed by atoms with Gasteiger partial charge in [-0.05, 0) is 66.3 Å². The van der Waals surface area contributed by atoms with Crippen LogP contribution in [0.5, 0.6) is 0 Å². The fourth-order valence-electron chi connectivity index (χ4n) is 5.48. The first-order valence-electron chi connectivity index (χ1n) is 10.2. The highest BCUT2D eigenvalue weighted by Gasteiger charge is 2.39. The van der Waals surface area contributed by atoms with Gasteiger partial charge in [0.1, 0.15) is 11.9 Å². The molecule has 0 spiro atoms. The van der Waals surface area contributed by atoms with E-state index in [4.69, 9.17) is 9.68 Å². The topological polar surface area (TPSA) is 65.1 Å². The second-order valence-electron chi connectivity index (χ2n) is 8.48. The van der Waals surface area contributed by atoms with E-state index in [0.717, 1.165) is 33.6 Å². The summed E-state index contributed by atoms with van der Waals surface area (Å²) >= 11 is 3.64. The summed E-state index contributed by atoms with van der Waals surface area (Å²) in [6.07, 6.45) is 11.0. The van der Waals surface area contributed by atoms with Gasteiger partial charge < -0.3 is 9.73 Å². The Kier molecular flexibility index (Phi) is 4.61. The van der Waals surface area contributed by atoms with Crippen molar-refractivity contribution in [3.63, 3.8) is 0 Å². The molecule has 2 unspecified atom stereocenters. The van der Waals surface area contributed by atoms with Gasteiger partial charge in [0.15, 0.2) is 5.58 Å². The molecule has 2 atom stereocenters. The number of likely N-dealkylation sites (tertiary alicyclic amines) is 1. The van der Waals surface area contributed by atoms with Crippen LogP contribution in [0.1, 0.15) is 50.7 Å². The molecule has 1 N–H and O–H groups in total. The number of furan rings is 1. The third-order valence-electron chi connectivity index (χ3n) is 6.93. The van der Waals surface area contributed by atoms with Crippen LogP contribution in [0.4, 0.5) is 5.82 Å². The Morgan fingerprint density at radius 1 is 1.15 bits per heavy atom. The third kappa shape index (κ3) is 3.25. The summed E-state index contributed by atoms with van der Waals surface area (Å²) < 4.78 is 6.35. The Morgan fingerprint density at radius 2 is 1.89 bits per heavy atom. The molecule has 1 saturated heterocycles. The number of hydrogen-bond acceptors (Lipinski definition) is 5. The summed E-state index contributed by atoms with van der Waals surface area (Å²) in [5.41, 5.74) is 0.646. The number of anilines is 1. The van der Waals surface area contributed by atoms with E-state index in [0.29, 0.717) is 17.4 Å². The van der Waals surface area contributed by atoms with Crippen LogP contribution in [0.25, 0.3) is 11.0 Å². The first-order valence-corrected chi connectivity index (χ1v) is 11.0. The van der Waals surface area contributed by atoms with Crippen LogP contribution in [0, 0.1) is 23.2 Å². The van der Waals surface area contributed by atoms with Gasteiger partial charge in [-0.2, -0.15) is 5.26 Å². The molecule has 2 aromatic heterocycles. The Bertz CT molecular complexity index is 868. The van der Waals surface area contributed by atoms with Gasteiger partial charge in [0.05, 0.1) is 10.7 Å². The summed E-state index contributed by atoms with van der Waals surface area (Å²) in [6.45, 7) is 2.69. The number of fused-ring (bicyclic) bond motifs is 2.